The van der Waals surface area contributed by atoms with Crippen molar-refractivity contribution in [3.8, 4) is 0 Å². The molecule has 0 aliphatic heterocycles. The summed E-state index contributed by atoms with van der Waals surface area (Å²) in [4.78, 5) is 8.15. The van der Waals surface area contributed by atoms with E-state index < -0.39 is 0 Å². The molecule has 0 spiro atoms. The van der Waals surface area contributed by atoms with Gasteiger partial charge in [-0.2, -0.15) is 0 Å². The van der Waals surface area contributed by atoms with Gasteiger partial charge < -0.3 is 10.6 Å². The molecule has 108 valence electrons. The van der Waals surface area contributed by atoms with E-state index in [2.05, 4.69) is 45.7 Å². The van der Waals surface area contributed by atoms with Gasteiger partial charge in [0.05, 0.1) is 5.52 Å². The number of thioether (sulfide) groups is 1. The second kappa shape index (κ2) is 7.29. The molecule has 0 aliphatic carbocycles. The summed E-state index contributed by atoms with van der Waals surface area (Å²) in [6.45, 7) is 7.70. The van der Waals surface area contributed by atoms with Crippen molar-refractivity contribution in [1.82, 2.24) is 9.88 Å². The summed E-state index contributed by atoms with van der Waals surface area (Å²) in [5, 5.41) is 1.02. The summed E-state index contributed by atoms with van der Waals surface area (Å²) < 4.78 is 0.960. The molecular formula is C15H20BrN3S. The number of hydrogen-bond acceptors (Lipinski definition) is 4. The van der Waals surface area contributed by atoms with E-state index in [1.165, 1.54) is 4.90 Å². The molecule has 0 atom stereocenters. The zero-order valence-electron chi connectivity index (χ0n) is 11.9. The number of pyridine rings is 1. The molecule has 0 radical (unpaired) electrons. The van der Waals surface area contributed by atoms with Gasteiger partial charge in [0.1, 0.15) is 0 Å². The van der Waals surface area contributed by atoms with E-state index in [1.807, 2.05) is 30.1 Å². The Morgan fingerprint density at radius 1 is 1.30 bits per heavy atom. The van der Waals surface area contributed by atoms with Crippen LogP contribution in [0, 0.1) is 0 Å². The molecule has 0 saturated heterocycles. The van der Waals surface area contributed by atoms with Crippen molar-refractivity contribution < 1.29 is 0 Å². The fraction of sp³-hybridized carbons (Fsp3) is 0.400. The molecule has 1 aromatic heterocycles. The number of nitrogens with zero attached hydrogens (tertiary/aromatic N) is 2. The Balaban J connectivity index is 2.16. The minimum atomic E-state index is 0.780. The summed E-state index contributed by atoms with van der Waals surface area (Å²) in [6, 6.07) is 6.08. The number of nitrogens with two attached hydrogens (primary N) is 1. The second-order valence-corrected chi connectivity index (χ2v) is 6.63. The minimum absolute atomic E-state index is 0.780. The fourth-order valence-corrected chi connectivity index (χ4v) is 3.50. The summed E-state index contributed by atoms with van der Waals surface area (Å²) in [5.74, 6) is 1.07. The first-order valence-electron chi connectivity index (χ1n) is 6.84. The van der Waals surface area contributed by atoms with Gasteiger partial charge in [0, 0.05) is 38.9 Å². The summed E-state index contributed by atoms with van der Waals surface area (Å²) in [6.07, 6.45) is 1.83. The maximum atomic E-state index is 6.04. The quantitative estimate of drug-likeness (QED) is 0.629. The van der Waals surface area contributed by atoms with Crippen LogP contribution in [0.25, 0.3) is 10.9 Å². The van der Waals surface area contributed by atoms with E-state index >= 15 is 0 Å². The monoisotopic (exact) mass is 353 g/mol. The van der Waals surface area contributed by atoms with Crippen LogP contribution < -0.4 is 5.73 Å². The Kier molecular flexibility index (Phi) is 5.69. The van der Waals surface area contributed by atoms with Crippen LogP contribution in [-0.4, -0.2) is 35.3 Å². The molecule has 0 unspecified atom stereocenters. The van der Waals surface area contributed by atoms with E-state index in [0.717, 1.165) is 46.5 Å². The van der Waals surface area contributed by atoms with Crippen molar-refractivity contribution in [3.63, 3.8) is 0 Å². The van der Waals surface area contributed by atoms with Gasteiger partial charge >= 0.3 is 0 Å². The predicted octanol–water partition coefficient (Wildman–Crippen LogP) is 4.01. The van der Waals surface area contributed by atoms with Crippen molar-refractivity contribution in [2.45, 2.75) is 18.7 Å². The van der Waals surface area contributed by atoms with Crippen LogP contribution in [0.3, 0.4) is 0 Å². The molecular weight excluding hydrogens is 334 g/mol. The topological polar surface area (TPSA) is 42.1 Å². The van der Waals surface area contributed by atoms with Gasteiger partial charge in [0.15, 0.2) is 0 Å². The molecule has 20 heavy (non-hydrogen) atoms. The van der Waals surface area contributed by atoms with Crippen molar-refractivity contribution in [2.75, 3.05) is 31.1 Å². The lowest BCUT2D eigenvalue weighted by molar-refractivity contribution is 0.324. The number of rotatable bonds is 6. The first-order chi connectivity index (χ1) is 9.65. The average molecular weight is 354 g/mol. The van der Waals surface area contributed by atoms with Crippen LogP contribution in [0.4, 0.5) is 5.69 Å². The first kappa shape index (κ1) is 15.6. The number of benzene rings is 1. The second-order valence-electron chi connectivity index (χ2n) is 4.58. The predicted molar refractivity (Wildman–Crippen MR) is 92.4 cm³/mol. The van der Waals surface area contributed by atoms with Gasteiger partial charge in [-0.3, -0.25) is 4.98 Å². The van der Waals surface area contributed by atoms with Crippen LogP contribution in [-0.2, 0) is 0 Å². The molecule has 2 aromatic rings. The maximum absolute atomic E-state index is 6.04. The Labute approximate surface area is 133 Å². The lowest BCUT2D eigenvalue weighted by atomic mass is 10.2. The van der Waals surface area contributed by atoms with Crippen LogP contribution in [0.1, 0.15) is 13.8 Å². The zero-order valence-corrected chi connectivity index (χ0v) is 14.3. The Morgan fingerprint density at radius 3 is 2.75 bits per heavy atom. The van der Waals surface area contributed by atoms with Gasteiger partial charge in [0.2, 0.25) is 0 Å². The molecule has 5 heteroatoms. The van der Waals surface area contributed by atoms with Gasteiger partial charge in [0.25, 0.3) is 0 Å². The van der Waals surface area contributed by atoms with E-state index in [4.69, 9.17) is 5.73 Å². The van der Waals surface area contributed by atoms with Gasteiger partial charge in [-0.05, 0) is 47.2 Å². The van der Waals surface area contributed by atoms with Crippen LogP contribution in [0.15, 0.2) is 33.8 Å². The molecule has 1 heterocycles. The zero-order chi connectivity index (χ0) is 14.5. The number of fused-ring (bicyclic) bond motifs is 1. The number of hydrogen-bond donors (Lipinski definition) is 1. The Morgan fingerprint density at radius 2 is 2.05 bits per heavy atom. The maximum Gasteiger partial charge on any atom is 0.0859 e. The first-order valence-corrected chi connectivity index (χ1v) is 8.62. The number of aromatic nitrogens is 1. The molecule has 0 amide bonds. The fourth-order valence-electron chi connectivity index (χ4n) is 2.13. The smallest absolute Gasteiger partial charge is 0.0859 e. The number of nitrogen functional groups attached to an aromatic ring is 1. The Hall–Kier alpha value is -0.780. The Bertz CT molecular complexity index is 585. The van der Waals surface area contributed by atoms with Crippen LogP contribution in [0.5, 0.6) is 0 Å². The molecule has 3 nitrogen and oxygen atoms in total. The van der Waals surface area contributed by atoms with Gasteiger partial charge in [-0.25, -0.2) is 0 Å². The molecule has 0 saturated carbocycles. The number of halogens is 1. The standard InChI is InChI=1S/C15H20BrN3S/c1-3-19(4-2)7-8-20-14-6-5-13(17)12-9-11(16)10-18-15(12)14/h5-6,9-10H,3-4,7-8,17H2,1-2H3. The van der Waals surface area contributed by atoms with Gasteiger partial charge in [-0.1, -0.05) is 13.8 Å². The third-order valence-electron chi connectivity index (χ3n) is 3.37. The van der Waals surface area contributed by atoms with E-state index in [-0.39, 0.29) is 0 Å². The highest BCUT2D eigenvalue weighted by Crippen LogP contribution is 2.31. The molecule has 1 aromatic carbocycles. The third-order valence-corrected chi connectivity index (χ3v) is 4.83. The molecule has 2 N–H and O–H groups in total. The van der Waals surface area contributed by atoms with E-state index in [0.29, 0.717) is 0 Å². The lowest BCUT2D eigenvalue weighted by Crippen LogP contribution is -2.25. The molecule has 0 aliphatic rings. The SMILES string of the molecule is CCN(CC)CCSc1ccc(N)c2cc(Br)cnc12. The van der Waals surface area contributed by atoms with Crippen molar-refractivity contribution in [1.29, 1.82) is 0 Å². The highest BCUT2D eigenvalue weighted by molar-refractivity contribution is 9.10. The van der Waals surface area contributed by atoms with Crippen LogP contribution >= 0.6 is 27.7 Å². The molecule has 2 rings (SSSR count). The van der Waals surface area contributed by atoms with Gasteiger partial charge in [-0.15, -0.1) is 11.8 Å². The van der Waals surface area contributed by atoms with E-state index in [9.17, 15) is 0 Å². The summed E-state index contributed by atoms with van der Waals surface area (Å²) in [7, 11) is 0. The highest BCUT2D eigenvalue weighted by Gasteiger charge is 2.07. The minimum Gasteiger partial charge on any atom is -0.398 e. The molecule has 0 fully saturated rings. The average Bonchev–Trinajstić information content (AvgIpc) is 2.46. The highest BCUT2D eigenvalue weighted by atomic mass is 79.9. The van der Waals surface area contributed by atoms with Crippen molar-refractivity contribution >= 4 is 44.3 Å². The summed E-state index contributed by atoms with van der Waals surface area (Å²) in [5.41, 5.74) is 7.81. The van der Waals surface area contributed by atoms with Crippen molar-refractivity contribution in [2.24, 2.45) is 0 Å². The van der Waals surface area contributed by atoms with Crippen LogP contribution in [0.2, 0.25) is 0 Å². The normalized spacial score (nSPS) is 11.4. The largest absolute Gasteiger partial charge is 0.398 e. The number of anilines is 1. The van der Waals surface area contributed by atoms with E-state index in [1.54, 1.807) is 0 Å². The molecule has 0 bridgehead atoms. The summed E-state index contributed by atoms with van der Waals surface area (Å²) >= 11 is 5.30. The van der Waals surface area contributed by atoms with Crippen molar-refractivity contribution in [3.05, 3.63) is 28.9 Å². The lowest BCUT2D eigenvalue weighted by Gasteiger charge is -2.17. The third kappa shape index (κ3) is 3.65.